The van der Waals surface area contributed by atoms with E-state index in [2.05, 4.69) is 10.6 Å². The van der Waals surface area contributed by atoms with Crippen molar-refractivity contribution >= 4 is 39.8 Å². The van der Waals surface area contributed by atoms with Crippen LogP contribution in [0, 0.1) is 12.3 Å². The Labute approximate surface area is 204 Å². The largest absolute Gasteiger partial charge is 0.382 e. The molecular weight excluding hydrogens is 468 g/mol. The van der Waals surface area contributed by atoms with Gasteiger partial charge in [-0.05, 0) is 42.8 Å². The van der Waals surface area contributed by atoms with E-state index in [4.69, 9.17) is 0 Å². The summed E-state index contributed by atoms with van der Waals surface area (Å²) in [6, 6.07) is 21.2. The fraction of sp³-hybridized carbons (Fsp3) is 0.192. The van der Waals surface area contributed by atoms with E-state index in [0.29, 0.717) is 16.9 Å². The van der Waals surface area contributed by atoms with E-state index < -0.39 is 51.8 Å². The van der Waals surface area contributed by atoms with Gasteiger partial charge in [0.15, 0.2) is 5.78 Å². The zero-order chi connectivity index (χ0) is 25.2. The highest BCUT2D eigenvalue weighted by molar-refractivity contribution is 7.85. The van der Waals surface area contributed by atoms with Crippen LogP contribution >= 0.6 is 0 Å². The number of benzene rings is 3. The second kappa shape index (κ2) is 9.91. The van der Waals surface area contributed by atoms with Crippen LogP contribution in [0.2, 0.25) is 0 Å². The summed E-state index contributed by atoms with van der Waals surface area (Å²) in [5, 5.41) is 27.5. The first-order valence-electron chi connectivity index (χ1n) is 10.9. The number of rotatable bonds is 6. The van der Waals surface area contributed by atoms with Crippen LogP contribution in [0.25, 0.3) is 0 Å². The first kappa shape index (κ1) is 24.5. The van der Waals surface area contributed by atoms with E-state index in [1.165, 1.54) is 6.07 Å². The number of para-hydroxylation sites is 2. The summed E-state index contributed by atoms with van der Waals surface area (Å²) in [4.78, 5) is 40.3. The molecule has 1 aliphatic heterocycles. The SMILES string of the molecule is Cc1cccc2c1C(=O)C(C(O)C(=O)Nc1ccccc1)(C(O)C(=O)Nc1ccccc1)CS2=O. The van der Waals surface area contributed by atoms with Crippen LogP contribution in [-0.4, -0.2) is 50.0 Å². The number of anilines is 2. The third-order valence-electron chi connectivity index (χ3n) is 6.05. The van der Waals surface area contributed by atoms with Crippen molar-refractivity contribution in [3.8, 4) is 0 Å². The van der Waals surface area contributed by atoms with Gasteiger partial charge in [0.05, 0.1) is 10.8 Å². The van der Waals surface area contributed by atoms with Gasteiger partial charge in [-0.1, -0.05) is 48.5 Å². The van der Waals surface area contributed by atoms with Gasteiger partial charge < -0.3 is 20.8 Å². The Morgan fingerprint density at radius 1 is 0.829 bits per heavy atom. The van der Waals surface area contributed by atoms with Crippen molar-refractivity contribution in [3.05, 3.63) is 90.0 Å². The van der Waals surface area contributed by atoms with E-state index in [1.807, 2.05) is 0 Å². The maximum atomic E-state index is 13.9. The smallest absolute Gasteiger partial charge is 0.254 e. The van der Waals surface area contributed by atoms with Crippen LogP contribution in [0.4, 0.5) is 11.4 Å². The van der Waals surface area contributed by atoms with E-state index in [9.17, 15) is 28.8 Å². The summed E-state index contributed by atoms with van der Waals surface area (Å²) in [6.45, 7) is 1.62. The summed E-state index contributed by atoms with van der Waals surface area (Å²) < 4.78 is 13.2. The number of fused-ring (bicyclic) bond motifs is 1. The number of amides is 2. The fourth-order valence-electron chi connectivity index (χ4n) is 4.20. The van der Waals surface area contributed by atoms with Crippen LogP contribution in [0.15, 0.2) is 83.8 Å². The minimum absolute atomic E-state index is 0.0233. The number of hydrogen-bond donors (Lipinski definition) is 4. The number of aliphatic hydroxyl groups is 2. The Balaban J connectivity index is 1.78. The average Bonchev–Trinajstić information content (AvgIpc) is 2.86. The maximum absolute atomic E-state index is 13.9. The fourth-order valence-corrected chi connectivity index (χ4v) is 5.95. The van der Waals surface area contributed by atoms with E-state index >= 15 is 0 Å². The van der Waals surface area contributed by atoms with Crippen LogP contribution in [0.1, 0.15) is 15.9 Å². The molecule has 0 saturated heterocycles. The van der Waals surface area contributed by atoms with Crippen molar-refractivity contribution in [1.29, 1.82) is 0 Å². The quantitative estimate of drug-likeness (QED) is 0.417. The molecule has 3 aromatic carbocycles. The average molecular weight is 493 g/mol. The van der Waals surface area contributed by atoms with Gasteiger partial charge in [-0.15, -0.1) is 0 Å². The molecule has 9 heteroatoms. The molecule has 0 aromatic heterocycles. The second-order valence-corrected chi connectivity index (χ2v) is 9.74. The molecule has 3 unspecified atom stereocenters. The molecule has 0 fully saturated rings. The molecule has 180 valence electrons. The lowest BCUT2D eigenvalue weighted by Gasteiger charge is -2.41. The number of aryl methyl sites for hydroxylation is 1. The van der Waals surface area contributed by atoms with Crippen LogP contribution in [-0.2, 0) is 20.4 Å². The highest BCUT2D eigenvalue weighted by Crippen LogP contribution is 2.41. The molecule has 4 N–H and O–H groups in total. The number of nitrogens with one attached hydrogen (secondary N) is 2. The van der Waals surface area contributed by atoms with Gasteiger partial charge in [0.1, 0.15) is 17.6 Å². The van der Waals surface area contributed by atoms with Crippen molar-refractivity contribution < 1.29 is 28.8 Å². The maximum Gasteiger partial charge on any atom is 0.254 e. The molecule has 8 nitrogen and oxygen atoms in total. The lowest BCUT2D eigenvalue weighted by Crippen LogP contribution is -2.63. The molecule has 2 amide bonds. The van der Waals surface area contributed by atoms with Crippen molar-refractivity contribution in [3.63, 3.8) is 0 Å². The summed E-state index contributed by atoms with van der Waals surface area (Å²) >= 11 is 0. The zero-order valence-electron chi connectivity index (χ0n) is 18.8. The summed E-state index contributed by atoms with van der Waals surface area (Å²) in [5.41, 5.74) is -1.22. The normalized spacial score (nSPS) is 20.9. The first-order valence-corrected chi connectivity index (χ1v) is 12.2. The molecule has 0 bridgehead atoms. The Bertz CT molecular complexity index is 1240. The number of hydrogen-bond acceptors (Lipinski definition) is 6. The van der Waals surface area contributed by atoms with E-state index in [1.54, 1.807) is 79.7 Å². The molecule has 0 saturated carbocycles. The predicted molar refractivity (Wildman–Crippen MR) is 131 cm³/mol. The van der Waals surface area contributed by atoms with Gasteiger partial charge in [-0.2, -0.15) is 0 Å². The van der Waals surface area contributed by atoms with Gasteiger partial charge in [0.2, 0.25) is 0 Å². The molecule has 1 aliphatic rings. The molecule has 3 atom stereocenters. The van der Waals surface area contributed by atoms with Crippen LogP contribution in [0.5, 0.6) is 0 Å². The van der Waals surface area contributed by atoms with Crippen LogP contribution in [0.3, 0.4) is 0 Å². The third-order valence-corrected chi connectivity index (χ3v) is 7.63. The number of carbonyl (C=O) groups excluding carboxylic acids is 3. The highest BCUT2D eigenvalue weighted by Gasteiger charge is 2.60. The molecule has 0 spiro atoms. The topological polar surface area (TPSA) is 133 Å². The Kier molecular flexibility index (Phi) is 6.93. The van der Waals surface area contributed by atoms with Gasteiger partial charge in [-0.3, -0.25) is 18.6 Å². The summed E-state index contributed by atoms with van der Waals surface area (Å²) in [7, 11) is -1.88. The molecule has 4 rings (SSSR count). The van der Waals surface area contributed by atoms with Crippen molar-refractivity contribution in [2.75, 3.05) is 16.4 Å². The minimum atomic E-state index is -2.39. The lowest BCUT2D eigenvalue weighted by atomic mass is 9.70. The number of Topliss-reactive ketones (excluding diaryl/α,β-unsaturated/α-hetero) is 1. The van der Waals surface area contributed by atoms with Crippen molar-refractivity contribution in [2.45, 2.75) is 24.0 Å². The van der Waals surface area contributed by atoms with E-state index in [-0.39, 0.29) is 10.5 Å². The molecule has 3 aromatic rings. The Morgan fingerprint density at radius 2 is 1.31 bits per heavy atom. The molecule has 35 heavy (non-hydrogen) atoms. The molecular formula is C26H24N2O6S. The lowest BCUT2D eigenvalue weighted by molar-refractivity contribution is -0.141. The van der Waals surface area contributed by atoms with E-state index in [0.717, 1.165) is 0 Å². The molecule has 0 radical (unpaired) electrons. The van der Waals surface area contributed by atoms with Gasteiger partial charge in [0.25, 0.3) is 11.8 Å². The predicted octanol–water partition coefficient (Wildman–Crippen LogP) is 2.28. The second-order valence-electron chi connectivity index (χ2n) is 8.32. The summed E-state index contributed by atoms with van der Waals surface area (Å²) in [5.74, 6) is -3.46. The molecule has 0 aliphatic carbocycles. The number of ketones is 1. The van der Waals surface area contributed by atoms with Gasteiger partial charge in [-0.25, -0.2) is 0 Å². The number of carbonyl (C=O) groups is 3. The molecule has 1 heterocycles. The van der Waals surface area contributed by atoms with Gasteiger partial charge in [0, 0.05) is 27.6 Å². The monoisotopic (exact) mass is 492 g/mol. The Morgan fingerprint density at radius 3 is 1.80 bits per heavy atom. The highest BCUT2D eigenvalue weighted by atomic mass is 32.2. The summed E-state index contributed by atoms with van der Waals surface area (Å²) in [6.07, 6.45) is -4.35. The van der Waals surface area contributed by atoms with Crippen molar-refractivity contribution in [2.24, 2.45) is 5.41 Å². The standard InChI is InChI=1S/C26H24N2O6S/c1-16-9-8-14-19-20(16)21(29)26(15-35(19)34,22(30)24(32)27-17-10-4-2-5-11-17)23(31)25(33)28-18-12-6-3-7-13-18/h2-14,22-23,30-31H,15H2,1H3,(H,27,32)(H,28,33). The number of aliphatic hydroxyl groups excluding tert-OH is 2. The zero-order valence-corrected chi connectivity index (χ0v) is 19.6. The van der Waals surface area contributed by atoms with Crippen molar-refractivity contribution in [1.82, 2.24) is 0 Å². The third kappa shape index (κ3) is 4.53. The van der Waals surface area contributed by atoms with Crippen LogP contribution < -0.4 is 10.6 Å². The first-order chi connectivity index (χ1) is 16.8. The van der Waals surface area contributed by atoms with Gasteiger partial charge >= 0.3 is 0 Å². The minimum Gasteiger partial charge on any atom is -0.382 e. The Hall–Kier alpha value is -3.66.